The van der Waals surface area contributed by atoms with Gasteiger partial charge in [0.2, 0.25) is 0 Å². The fourth-order valence-corrected chi connectivity index (χ4v) is 3.75. The number of hydrogen-bond acceptors (Lipinski definition) is 5. The third-order valence-electron chi connectivity index (χ3n) is 5.56. The maximum atomic E-state index is 12.4. The molecular weight excluding hydrogens is 380 g/mol. The Morgan fingerprint density at radius 2 is 2.03 bits per heavy atom. The molecule has 7 nitrogen and oxygen atoms in total. The number of nitriles is 1. The highest BCUT2D eigenvalue weighted by Crippen LogP contribution is 2.32. The summed E-state index contributed by atoms with van der Waals surface area (Å²) in [7, 11) is 0. The molecule has 152 valence electrons. The number of benzene rings is 1. The summed E-state index contributed by atoms with van der Waals surface area (Å²) in [5.41, 5.74) is 3.43. The van der Waals surface area contributed by atoms with Gasteiger partial charge in [-0.3, -0.25) is 4.79 Å². The molecule has 0 unspecified atom stereocenters. The number of carbonyl (C=O) groups is 1. The predicted octanol–water partition coefficient (Wildman–Crippen LogP) is 3.55. The van der Waals surface area contributed by atoms with E-state index in [0.29, 0.717) is 35.9 Å². The summed E-state index contributed by atoms with van der Waals surface area (Å²) in [6.07, 6.45) is 5.50. The minimum absolute atomic E-state index is 0.0709. The molecule has 2 N–H and O–H groups in total. The van der Waals surface area contributed by atoms with Crippen LogP contribution >= 0.6 is 0 Å². The second-order valence-corrected chi connectivity index (χ2v) is 7.80. The second kappa shape index (κ2) is 7.81. The van der Waals surface area contributed by atoms with E-state index in [2.05, 4.69) is 21.4 Å². The van der Waals surface area contributed by atoms with Gasteiger partial charge in [-0.05, 0) is 48.2 Å². The zero-order valence-electron chi connectivity index (χ0n) is 16.5. The number of ether oxygens (including phenoxy) is 2. The molecule has 3 aromatic rings. The van der Waals surface area contributed by atoms with Crippen molar-refractivity contribution in [1.29, 1.82) is 5.26 Å². The van der Waals surface area contributed by atoms with Gasteiger partial charge in [-0.15, -0.1) is 0 Å². The molecule has 1 amide bonds. The van der Waals surface area contributed by atoms with Crippen molar-refractivity contribution in [2.24, 2.45) is 0 Å². The van der Waals surface area contributed by atoms with Gasteiger partial charge in [-0.2, -0.15) is 5.26 Å². The fraction of sp³-hybridized carbons (Fsp3) is 0.348. The number of carbonyl (C=O) groups excluding carboxylic acids is 1. The Kier molecular flexibility index (Phi) is 4.85. The Labute approximate surface area is 174 Å². The Morgan fingerprint density at radius 3 is 2.80 bits per heavy atom. The van der Waals surface area contributed by atoms with Crippen LogP contribution in [-0.2, 0) is 4.74 Å². The van der Waals surface area contributed by atoms with Crippen LogP contribution in [0.1, 0.15) is 41.7 Å². The first-order valence-electron chi connectivity index (χ1n) is 10.3. The SMILES string of the molecule is N#Cc1cc(-c2ccnc3[nH]c(C(=O)NC4CC4)cc23)ccc1OC1CCOCC1. The normalized spacial score (nSPS) is 16.9. The van der Waals surface area contributed by atoms with Gasteiger partial charge in [0.05, 0.1) is 18.8 Å². The average Bonchev–Trinajstić information content (AvgIpc) is 3.48. The zero-order valence-corrected chi connectivity index (χ0v) is 16.5. The molecule has 0 bridgehead atoms. The molecule has 1 aliphatic carbocycles. The van der Waals surface area contributed by atoms with Crippen molar-refractivity contribution in [3.63, 3.8) is 0 Å². The van der Waals surface area contributed by atoms with Crippen LogP contribution < -0.4 is 10.1 Å². The van der Waals surface area contributed by atoms with Crippen molar-refractivity contribution in [2.75, 3.05) is 13.2 Å². The Morgan fingerprint density at radius 1 is 1.20 bits per heavy atom. The molecule has 2 aromatic heterocycles. The van der Waals surface area contributed by atoms with Crippen molar-refractivity contribution >= 4 is 16.9 Å². The van der Waals surface area contributed by atoms with Crippen molar-refractivity contribution in [3.8, 4) is 22.9 Å². The quantitative estimate of drug-likeness (QED) is 0.680. The summed E-state index contributed by atoms with van der Waals surface area (Å²) in [5.74, 6) is 0.483. The number of aromatic nitrogens is 2. The van der Waals surface area contributed by atoms with Gasteiger partial charge in [0.1, 0.15) is 29.3 Å². The summed E-state index contributed by atoms with van der Waals surface area (Å²) in [5, 5.41) is 13.5. The highest BCUT2D eigenvalue weighted by Gasteiger charge is 2.25. The Hall–Kier alpha value is -3.37. The van der Waals surface area contributed by atoms with E-state index in [0.717, 1.165) is 42.2 Å². The van der Waals surface area contributed by atoms with E-state index < -0.39 is 0 Å². The number of pyridine rings is 1. The molecule has 1 saturated heterocycles. The van der Waals surface area contributed by atoms with Crippen LogP contribution in [0.2, 0.25) is 0 Å². The van der Waals surface area contributed by atoms with Crippen LogP contribution in [0.5, 0.6) is 5.75 Å². The molecule has 30 heavy (non-hydrogen) atoms. The number of nitrogens with zero attached hydrogens (tertiary/aromatic N) is 2. The smallest absolute Gasteiger partial charge is 0.267 e. The third-order valence-corrected chi connectivity index (χ3v) is 5.56. The predicted molar refractivity (Wildman–Crippen MR) is 111 cm³/mol. The van der Waals surface area contributed by atoms with E-state index >= 15 is 0 Å². The molecule has 2 aliphatic rings. The largest absolute Gasteiger partial charge is 0.489 e. The molecule has 0 radical (unpaired) electrons. The van der Waals surface area contributed by atoms with Crippen molar-refractivity contribution in [2.45, 2.75) is 37.8 Å². The zero-order chi connectivity index (χ0) is 20.5. The molecule has 2 fully saturated rings. The molecular formula is C23H22N4O3. The van der Waals surface area contributed by atoms with E-state index in [1.807, 2.05) is 30.3 Å². The number of rotatable bonds is 5. The van der Waals surface area contributed by atoms with Crippen molar-refractivity contribution in [1.82, 2.24) is 15.3 Å². The molecule has 1 aromatic carbocycles. The number of hydrogen-bond donors (Lipinski definition) is 2. The number of fused-ring (bicyclic) bond motifs is 1. The minimum atomic E-state index is -0.112. The molecule has 1 saturated carbocycles. The summed E-state index contributed by atoms with van der Waals surface area (Å²) in [6, 6.07) is 11.9. The van der Waals surface area contributed by atoms with E-state index in [1.54, 1.807) is 6.20 Å². The summed E-state index contributed by atoms with van der Waals surface area (Å²) in [4.78, 5) is 19.9. The molecule has 7 heteroatoms. The highest BCUT2D eigenvalue weighted by molar-refractivity contribution is 6.02. The number of amides is 1. The number of nitrogens with one attached hydrogen (secondary N) is 2. The summed E-state index contributed by atoms with van der Waals surface area (Å²) < 4.78 is 11.4. The molecule has 3 heterocycles. The lowest BCUT2D eigenvalue weighted by Gasteiger charge is -2.23. The van der Waals surface area contributed by atoms with Gasteiger partial charge >= 0.3 is 0 Å². The molecule has 5 rings (SSSR count). The minimum Gasteiger partial charge on any atom is -0.489 e. The first-order valence-corrected chi connectivity index (χ1v) is 10.3. The van der Waals surface area contributed by atoms with E-state index in [9.17, 15) is 10.1 Å². The van der Waals surface area contributed by atoms with E-state index in [-0.39, 0.29) is 18.1 Å². The lowest BCUT2D eigenvalue weighted by molar-refractivity contribution is 0.0254. The van der Waals surface area contributed by atoms with Crippen molar-refractivity contribution < 1.29 is 14.3 Å². The average molecular weight is 402 g/mol. The standard InChI is InChI=1S/C23H22N4O3/c24-13-15-11-14(1-4-21(15)30-17-6-9-29-10-7-17)18-5-8-25-22-19(18)12-20(27-22)23(28)26-16-2-3-16/h1,4-5,8,11-12,16-17H,2-3,6-7,9-10H2,(H,25,27)(H,26,28). The number of H-pyrrole nitrogens is 1. The highest BCUT2D eigenvalue weighted by atomic mass is 16.5. The summed E-state index contributed by atoms with van der Waals surface area (Å²) in [6.45, 7) is 1.37. The van der Waals surface area contributed by atoms with Crippen LogP contribution in [0.15, 0.2) is 36.5 Å². The van der Waals surface area contributed by atoms with Gasteiger partial charge in [-0.25, -0.2) is 4.98 Å². The van der Waals surface area contributed by atoms with E-state index in [1.165, 1.54) is 0 Å². The number of aromatic amines is 1. The maximum Gasteiger partial charge on any atom is 0.267 e. The van der Waals surface area contributed by atoms with Gasteiger partial charge in [-0.1, -0.05) is 6.07 Å². The first kappa shape index (κ1) is 18.6. The monoisotopic (exact) mass is 402 g/mol. The van der Waals surface area contributed by atoms with E-state index in [4.69, 9.17) is 9.47 Å². The molecule has 1 aliphatic heterocycles. The van der Waals surface area contributed by atoms with Crippen LogP contribution in [0.3, 0.4) is 0 Å². The van der Waals surface area contributed by atoms with Gasteiger partial charge in [0.25, 0.3) is 5.91 Å². The van der Waals surface area contributed by atoms with Crippen LogP contribution in [-0.4, -0.2) is 41.2 Å². The van der Waals surface area contributed by atoms with Crippen LogP contribution in [0.25, 0.3) is 22.2 Å². The third kappa shape index (κ3) is 3.74. The van der Waals surface area contributed by atoms with Gasteiger partial charge in [0.15, 0.2) is 0 Å². The van der Waals surface area contributed by atoms with Gasteiger partial charge in [0, 0.05) is 30.5 Å². The second-order valence-electron chi connectivity index (χ2n) is 7.80. The fourth-order valence-electron chi connectivity index (χ4n) is 3.75. The first-order chi connectivity index (χ1) is 14.7. The Bertz CT molecular complexity index is 1140. The summed E-state index contributed by atoms with van der Waals surface area (Å²) >= 11 is 0. The van der Waals surface area contributed by atoms with Crippen LogP contribution in [0.4, 0.5) is 0 Å². The van der Waals surface area contributed by atoms with Crippen LogP contribution in [0, 0.1) is 11.3 Å². The lowest BCUT2D eigenvalue weighted by atomic mass is 10.0. The van der Waals surface area contributed by atoms with Crippen molar-refractivity contribution in [3.05, 3.63) is 47.8 Å². The molecule has 0 atom stereocenters. The molecule has 0 spiro atoms. The maximum absolute atomic E-state index is 12.4. The topological polar surface area (TPSA) is 100 Å². The van der Waals surface area contributed by atoms with Gasteiger partial charge < -0.3 is 19.8 Å². The lowest BCUT2D eigenvalue weighted by Crippen LogP contribution is -2.26. The Balaban J connectivity index is 1.46.